The summed E-state index contributed by atoms with van der Waals surface area (Å²) in [4.78, 5) is 24.1. The number of allylic oxidation sites excluding steroid dienone is 2. The van der Waals surface area contributed by atoms with Crippen LogP contribution in [-0.4, -0.2) is 34.6 Å². The number of hydrogen-bond donors (Lipinski definition) is 0. The van der Waals surface area contributed by atoms with Crippen LogP contribution in [0.1, 0.15) is 25.4 Å². The van der Waals surface area contributed by atoms with Crippen molar-refractivity contribution in [1.29, 1.82) is 0 Å². The Balaban J connectivity index is 1.87. The Morgan fingerprint density at radius 2 is 1.50 bits per heavy atom. The van der Waals surface area contributed by atoms with Crippen LogP contribution in [0.5, 0.6) is 0 Å². The van der Waals surface area contributed by atoms with E-state index in [0.29, 0.717) is 17.8 Å². The van der Waals surface area contributed by atoms with Crippen LogP contribution in [0, 0.1) is 0 Å². The minimum atomic E-state index is 0.0276. The zero-order valence-corrected chi connectivity index (χ0v) is 16.8. The Labute approximate surface area is 158 Å². The number of furan rings is 1. The summed E-state index contributed by atoms with van der Waals surface area (Å²) in [6.45, 7) is 3.19. The Morgan fingerprint density at radius 3 is 2.04 bits per heavy atom. The minimum absolute atomic E-state index is 0.0276. The molecule has 0 aliphatic carbocycles. The van der Waals surface area contributed by atoms with Gasteiger partial charge in [-0.15, -0.1) is 47.0 Å². The van der Waals surface area contributed by atoms with Crippen molar-refractivity contribution in [1.82, 2.24) is 0 Å². The van der Waals surface area contributed by atoms with Gasteiger partial charge < -0.3 is 4.42 Å². The molecule has 3 nitrogen and oxygen atoms in total. The van der Waals surface area contributed by atoms with E-state index in [1.165, 1.54) is 0 Å². The maximum absolute atomic E-state index is 12.1. The highest BCUT2D eigenvalue weighted by atomic mass is 32.2. The zero-order chi connectivity index (χ0) is 17.1. The number of thioether (sulfide) groups is 4. The largest absolute Gasteiger partial charge is 0.461 e. The van der Waals surface area contributed by atoms with Crippen molar-refractivity contribution < 1.29 is 14.0 Å². The molecule has 0 amide bonds. The average Bonchev–Trinajstić information content (AvgIpc) is 3.28. The number of Topliss-reactive ketones (excluding diaryl/α,β-unsaturated/α-hetero) is 2. The predicted octanol–water partition coefficient (Wildman–Crippen LogP) is 4.84. The summed E-state index contributed by atoms with van der Waals surface area (Å²) in [5.41, 5.74) is 1.50. The van der Waals surface area contributed by atoms with Crippen molar-refractivity contribution >= 4 is 64.2 Å². The smallest absolute Gasteiger partial charge is 0.165 e. The van der Waals surface area contributed by atoms with Crippen molar-refractivity contribution in [2.24, 2.45) is 0 Å². The van der Waals surface area contributed by atoms with E-state index in [4.69, 9.17) is 4.42 Å². The van der Waals surface area contributed by atoms with Gasteiger partial charge in [0.15, 0.2) is 11.6 Å². The number of rotatable bonds is 5. The highest BCUT2D eigenvalue weighted by Gasteiger charge is 2.23. The van der Waals surface area contributed by atoms with Crippen LogP contribution in [0.3, 0.4) is 0 Å². The molecule has 24 heavy (non-hydrogen) atoms. The van der Waals surface area contributed by atoms with Crippen LogP contribution < -0.4 is 0 Å². The third kappa shape index (κ3) is 4.18. The molecule has 0 saturated carbocycles. The van der Waals surface area contributed by atoms with Crippen molar-refractivity contribution in [3.63, 3.8) is 0 Å². The van der Waals surface area contributed by atoms with Gasteiger partial charge in [-0.2, -0.15) is 0 Å². The molecule has 0 bridgehead atoms. The summed E-state index contributed by atoms with van der Waals surface area (Å²) in [5.74, 6) is 5.64. The molecule has 2 saturated heterocycles. The van der Waals surface area contributed by atoms with Crippen molar-refractivity contribution in [2.45, 2.75) is 20.3 Å². The second kappa shape index (κ2) is 8.25. The highest BCUT2D eigenvalue weighted by molar-refractivity contribution is 8.25. The lowest BCUT2D eigenvalue weighted by Crippen LogP contribution is -2.02. The maximum Gasteiger partial charge on any atom is 0.165 e. The molecule has 0 unspecified atom stereocenters. The van der Waals surface area contributed by atoms with E-state index in [0.717, 1.165) is 42.8 Å². The second-order valence-electron chi connectivity index (χ2n) is 5.38. The van der Waals surface area contributed by atoms with Crippen LogP contribution in [-0.2, 0) is 16.0 Å². The van der Waals surface area contributed by atoms with Gasteiger partial charge in [0, 0.05) is 39.2 Å². The van der Waals surface area contributed by atoms with Crippen LogP contribution >= 0.6 is 47.0 Å². The molecule has 2 fully saturated rings. The maximum atomic E-state index is 12.1. The molecular weight excluding hydrogens is 380 g/mol. The third-order valence-electron chi connectivity index (χ3n) is 3.59. The first kappa shape index (κ1) is 18.3. The second-order valence-corrected chi connectivity index (χ2v) is 10.3. The van der Waals surface area contributed by atoms with Crippen LogP contribution in [0.2, 0.25) is 0 Å². The van der Waals surface area contributed by atoms with Gasteiger partial charge in [0.05, 0.1) is 9.81 Å². The van der Waals surface area contributed by atoms with Crippen molar-refractivity contribution in [3.05, 3.63) is 37.7 Å². The SMILES string of the molecule is CC(=O)C(Cc1ccc(C(C(C)=O)=C2SCCS2)o1)=C1SCCS1. The lowest BCUT2D eigenvalue weighted by atomic mass is 10.1. The lowest BCUT2D eigenvalue weighted by molar-refractivity contribution is -0.114. The van der Waals surface area contributed by atoms with E-state index in [1.54, 1.807) is 60.9 Å². The molecule has 2 aliphatic rings. The number of carbonyl (C=O) groups excluding carboxylic acids is 2. The van der Waals surface area contributed by atoms with Gasteiger partial charge >= 0.3 is 0 Å². The molecule has 2 aliphatic heterocycles. The van der Waals surface area contributed by atoms with Gasteiger partial charge in [0.2, 0.25) is 0 Å². The molecule has 3 heterocycles. The van der Waals surface area contributed by atoms with E-state index in [9.17, 15) is 9.59 Å². The Bertz CT molecular complexity index is 714. The number of carbonyl (C=O) groups is 2. The van der Waals surface area contributed by atoms with Crippen LogP contribution in [0.25, 0.3) is 5.57 Å². The lowest BCUT2D eigenvalue weighted by Gasteiger charge is -2.06. The number of hydrogen-bond acceptors (Lipinski definition) is 7. The molecule has 7 heteroatoms. The van der Waals surface area contributed by atoms with Gasteiger partial charge in [-0.05, 0) is 26.0 Å². The van der Waals surface area contributed by atoms with Gasteiger partial charge in [0.1, 0.15) is 11.5 Å². The topological polar surface area (TPSA) is 47.3 Å². The summed E-state index contributed by atoms with van der Waals surface area (Å²) >= 11 is 6.92. The average molecular weight is 399 g/mol. The van der Waals surface area contributed by atoms with Crippen molar-refractivity contribution in [3.8, 4) is 0 Å². The monoisotopic (exact) mass is 398 g/mol. The van der Waals surface area contributed by atoms with Gasteiger partial charge in [0.25, 0.3) is 0 Å². The third-order valence-corrected chi connectivity index (χ3v) is 9.10. The molecule has 0 N–H and O–H groups in total. The molecular formula is C17H18O3S4. The summed E-state index contributed by atoms with van der Waals surface area (Å²) in [6, 6.07) is 3.74. The highest BCUT2D eigenvalue weighted by Crippen LogP contribution is 2.43. The molecule has 1 aromatic heterocycles. The summed E-state index contributed by atoms with van der Waals surface area (Å²) in [6.07, 6.45) is 0.492. The fourth-order valence-corrected chi connectivity index (χ4v) is 7.78. The minimum Gasteiger partial charge on any atom is -0.461 e. The molecule has 128 valence electrons. The van der Waals surface area contributed by atoms with E-state index in [-0.39, 0.29) is 11.6 Å². The molecule has 1 aromatic rings. The van der Waals surface area contributed by atoms with E-state index >= 15 is 0 Å². The Morgan fingerprint density at radius 1 is 0.917 bits per heavy atom. The number of ketones is 2. The quantitative estimate of drug-likeness (QED) is 0.658. The summed E-state index contributed by atoms with van der Waals surface area (Å²) in [5, 5.41) is 0. The van der Waals surface area contributed by atoms with E-state index in [2.05, 4.69) is 0 Å². The first-order valence-electron chi connectivity index (χ1n) is 7.66. The van der Waals surface area contributed by atoms with E-state index in [1.807, 2.05) is 12.1 Å². The molecule has 0 radical (unpaired) electrons. The molecule has 0 spiro atoms. The fourth-order valence-electron chi connectivity index (χ4n) is 2.48. The molecule has 0 atom stereocenters. The fraction of sp³-hybridized carbons (Fsp3) is 0.412. The predicted molar refractivity (Wildman–Crippen MR) is 108 cm³/mol. The molecule has 3 rings (SSSR count). The normalized spacial score (nSPS) is 17.4. The summed E-state index contributed by atoms with van der Waals surface area (Å²) in [7, 11) is 0. The van der Waals surface area contributed by atoms with E-state index < -0.39 is 0 Å². The van der Waals surface area contributed by atoms with Crippen LogP contribution in [0.15, 0.2) is 30.6 Å². The standard InChI is InChI=1S/C17H18O3S4/c1-10(18)13(16-21-5-6-22-16)9-12-3-4-14(20-12)15(11(2)19)17-23-7-8-24-17/h3-4H,5-9H2,1-2H3. The Hall–Kier alpha value is -0.500. The first-order chi connectivity index (χ1) is 11.6. The molecule has 0 aromatic carbocycles. The van der Waals surface area contributed by atoms with Gasteiger partial charge in [-0.25, -0.2) is 0 Å². The Kier molecular flexibility index (Phi) is 6.29. The van der Waals surface area contributed by atoms with Gasteiger partial charge in [-0.1, -0.05) is 0 Å². The van der Waals surface area contributed by atoms with Crippen molar-refractivity contribution in [2.75, 3.05) is 23.0 Å². The summed E-state index contributed by atoms with van der Waals surface area (Å²) < 4.78 is 8.12. The zero-order valence-electron chi connectivity index (χ0n) is 13.5. The van der Waals surface area contributed by atoms with Gasteiger partial charge in [-0.3, -0.25) is 9.59 Å². The first-order valence-corrected chi connectivity index (χ1v) is 11.6. The van der Waals surface area contributed by atoms with Crippen LogP contribution in [0.4, 0.5) is 0 Å².